The van der Waals surface area contributed by atoms with Crippen molar-refractivity contribution in [3.05, 3.63) is 0 Å². The van der Waals surface area contributed by atoms with Crippen molar-refractivity contribution in [3.63, 3.8) is 0 Å². The normalized spacial score (nSPS) is 49.2. The average Bonchev–Trinajstić information content (AvgIpc) is 2.01. The highest BCUT2D eigenvalue weighted by Crippen LogP contribution is 2.20. The predicted octanol–water partition coefficient (Wildman–Crippen LogP) is -1.54. The van der Waals surface area contributed by atoms with E-state index in [0.717, 1.165) is 0 Å². The topological polar surface area (TPSA) is 79.2 Å². The van der Waals surface area contributed by atoms with E-state index in [4.69, 9.17) is 9.47 Å². The molecular weight excluding hydrogens is 164 g/mol. The van der Waals surface area contributed by atoms with Crippen LogP contribution in [0.5, 0.6) is 0 Å². The van der Waals surface area contributed by atoms with Gasteiger partial charge in [-0.05, 0) is 6.92 Å². The maximum absolute atomic E-state index is 9.36. The lowest BCUT2D eigenvalue weighted by atomic mass is 10.00. The fourth-order valence-corrected chi connectivity index (χ4v) is 1.27. The third kappa shape index (κ3) is 1.60. The third-order valence-corrected chi connectivity index (χ3v) is 2.07. The lowest BCUT2D eigenvalue weighted by Crippen LogP contribution is -2.57. The molecule has 0 bridgehead atoms. The van der Waals surface area contributed by atoms with Gasteiger partial charge in [-0.15, -0.1) is 0 Å². The molecule has 0 aromatic rings. The van der Waals surface area contributed by atoms with Crippen LogP contribution in [0.15, 0.2) is 0 Å². The summed E-state index contributed by atoms with van der Waals surface area (Å²) in [5.41, 5.74) is 0. The molecule has 0 amide bonds. The van der Waals surface area contributed by atoms with Crippen LogP contribution in [0, 0.1) is 0 Å². The fraction of sp³-hybridized carbons (Fsp3) is 1.00. The summed E-state index contributed by atoms with van der Waals surface area (Å²) in [6.07, 6.45) is -4.76. The van der Waals surface area contributed by atoms with Crippen LogP contribution in [-0.4, -0.2) is 53.1 Å². The summed E-state index contributed by atoms with van der Waals surface area (Å²) in [5, 5.41) is 27.9. The molecule has 0 aromatic carbocycles. The Morgan fingerprint density at radius 3 is 2.25 bits per heavy atom. The number of rotatable bonds is 1. The molecular formula is C7H14O5. The molecule has 0 spiro atoms. The Balaban J connectivity index is 2.65. The SMILES string of the molecule is CO[C@@H]1[C@H](O)[C@H](O)[C@@H](C)O[C@@H]1O. The van der Waals surface area contributed by atoms with Crippen molar-refractivity contribution in [2.75, 3.05) is 7.11 Å². The van der Waals surface area contributed by atoms with Gasteiger partial charge >= 0.3 is 0 Å². The molecule has 3 N–H and O–H groups in total. The Morgan fingerprint density at radius 2 is 1.75 bits per heavy atom. The number of hydrogen-bond acceptors (Lipinski definition) is 5. The minimum Gasteiger partial charge on any atom is -0.388 e. The number of aliphatic hydroxyl groups is 3. The monoisotopic (exact) mass is 178 g/mol. The summed E-state index contributed by atoms with van der Waals surface area (Å²) in [7, 11) is 1.34. The minimum absolute atomic E-state index is 0.582. The standard InChI is InChI=1S/C7H14O5/c1-3-4(8)5(9)6(11-2)7(10)12-3/h3-10H,1-2H3/t3-,4-,5-,6-,7+/m1/s1. The largest absolute Gasteiger partial charge is 0.388 e. The molecule has 0 radical (unpaired) electrons. The summed E-state index contributed by atoms with van der Waals surface area (Å²) in [6.45, 7) is 1.57. The number of ether oxygens (including phenoxy) is 2. The van der Waals surface area contributed by atoms with Gasteiger partial charge in [-0.2, -0.15) is 0 Å². The van der Waals surface area contributed by atoms with Crippen molar-refractivity contribution in [1.29, 1.82) is 0 Å². The van der Waals surface area contributed by atoms with Gasteiger partial charge in [0.25, 0.3) is 0 Å². The smallest absolute Gasteiger partial charge is 0.184 e. The highest BCUT2D eigenvalue weighted by atomic mass is 16.7. The maximum atomic E-state index is 9.36. The molecule has 0 unspecified atom stereocenters. The maximum Gasteiger partial charge on any atom is 0.184 e. The van der Waals surface area contributed by atoms with E-state index in [1.165, 1.54) is 7.11 Å². The van der Waals surface area contributed by atoms with Gasteiger partial charge in [0, 0.05) is 7.11 Å². The Bertz CT molecular complexity index is 151. The Morgan fingerprint density at radius 1 is 1.17 bits per heavy atom. The fourth-order valence-electron chi connectivity index (χ4n) is 1.27. The van der Waals surface area contributed by atoms with E-state index < -0.39 is 30.7 Å². The van der Waals surface area contributed by atoms with Gasteiger partial charge in [0.2, 0.25) is 0 Å². The van der Waals surface area contributed by atoms with Gasteiger partial charge in [0.05, 0.1) is 6.10 Å². The van der Waals surface area contributed by atoms with Crippen LogP contribution in [0.3, 0.4) is 0 Å². The van der Waals surface area contributed by atoms with Crippen molar-refractivity contribution >= 4 is 0 Å². The molecule has 1 fully saturated rings. The van der Waals surface area contributed by atoms with Gasteiger partial charge in [0.1, 0.15) is 18.3 Å². The third-order valence-electron chi connectivity index (χ3n) is 2.07. The van der Waals surface area contributed by atoms with Crippen LogP contribution in [0.2, 0.25) is 0 Å². The first-order chi connectivity index (χ1) is 5.57. The van der Waals surface area contributed by atoms with Gasteiger partial charge in [-0.25, -0.2) is 0 Å². The lowest BCUT2D eigenvalue weighted by molar-refractivity contribution is -0.283. The molecule has 5 nitrogen and oxygen atoms in total. The lowest BCUT2D eigenvalue weighted by Gasteiger charge is -2.38. The quantitative estimate of drug-likeness (QED) is 0.453. The second-order valence-electron chi connectivity index (χ2n) is 2.91. The van der Waals surface area contributed by atoms with Crippen LogP contribution in [0.4, 0.5) is 0 Å². The van der Waals surface area contributed by atoms with Crippen molar-refractivity contribution in [2.45, 2.75) is 37.6 Å². The van der Waals surface area contributed by atoms with E-state index in [0.29, 0.717) is 0 Å². The zero-order valence-corrected chi connectivity index (χ0v) is 7.04. The molecule has 12 heavy (non-hydrogen) atoms. The van der Waals surface area contributed by atoms with E-state index in [-0.39, 0.29) is 0 Å². The van der Waals surface area contributed by atoms with Gasteiger partial charge in [-0.3, -0.25) is 0 Å². The molecule has 0 aromatic heterocycles. The first kappa shape index (κ1) is 9.88. The van der Waals surface area contributed by atoms with Crippen molar-refractivity contribution in [2.24, 2.45) is 0 Å². The van der Waals surface area contributed by atoms with Crippen LogP contribution in [0.25, 0.3) is 0 Å². The predicted molar refractivity (Wildman–Crippen MR) is 39.4 cm³/mol. The number of hydrogen-bond donors (Lipinski definition) is 3. The Hall–Kier alpha value is -0.200. The molecule has 0 saturated carbocycles. The Labute approximate surface area is 70.5 Å². The molecule has 72 valence electrons. The molecule has 1 aliphatic heterocycles. The summed E-state index contributed by atoms with van der Waals surface area (Å²) in [4.78, 5) is 0. The minimum atomic E-state index is -1.18. The molecule has 1 aliphatic rings. The zero-order valence-electron chi connectivity index (χ0n) is 7.04. The highest BCUT2D eigenvalue weighted by molar-refractivity contribution is 4.87. The summed E-state index contributed by atoms with van der Waals surface area (Å²) < 4.78 is 9.64. The second-order valence-corrected chi connectivity index (χ2v) is 2.91. The van der Waals surface area contributed by atoms with Gasteiger partial charge in [0.15, 0.2) is 6.29 Å². The average molecular weight is 178 g/mol. The van der Waals surface area contributed by atoms with E-state index in [1.54, 1.807) is 6.92 Å². The molecule has 5 atom stereocenters. The Kier molecular flexibility index (Phi) is 3.03. The number of aliphatic hydroxyl groups excluding tert-OH is 3. The van der Waals surface area contributed by atoms with Crippen LogP contribution >= 0.6 is 0 Å². The molecule has 1 heterocycles. The van der Waals surface area contributed by atoms with Crippen molar-refractivity contribution in [1.82, 2.24) is 0 Å². The summed E-state index contributed by atoms with van der Waals surface area (Å²) in [6, 6.07) is 0. The molecule has 1 saturated heterocycles. The van der Waals surface area contributed by atoms with Crippen molar-refractivity contribution < 1.29 is 24.8 Å². The molecule has 5 heteroatoms. The van der Waals surface area contributed by atoms with Gasteiger partial charge < -0.3 is 24.8 Å². The second kappa shape index (κ2) is 3.68. The first-order valence-electron chi connectivity index (χ1n) is 3.80. The van der Waals surface area contributed by atoms with Crippen LogP contribution < -0.4 is 0 Å². The molecule has 0 aliphatic carbocycles. The van der Waals surface area contributed by atoms with E-state index in [2.05, 4.69) is 0 Å². The molecule has 1 rings (SSSR count). The van der Waals surface area contributed by atoms with E-state index >= 15 is 0 Å². The summed E-state index contributed by atoms with van der Waals surface area (Å²) >= 11 is 0. The van der Waals surface area contributed by atoms with E-state index in [9.17, 15) is 15.3 Å². The van der Waals surface area contributed by atoms with Crippen LogP contribution in [-0.2, 0) is 9.47 Å². The van der Waals surface area contributed by atoms with Crippen LogP contribution in [0.1, 0.15) is 6.92 Å². The summed E-state index contributed by atoms with van der Waals surface area (Å²) in [5.74, 6) is 0. The van der Waals surface area contributed by atoms with Gasteiger partial charge in [-0.1, -0.05) is 0 Å². The van der Waals surface area contributed by atoms with E-state index in [1.807, 2.05) is 0 Å². The number of methoxy groups -OCH3 is 1. The first-order valence-corrected chi connectivity index (χ1v) is 3.80. The zero-order chi connectivity index (χ0) is 9.30. The highest BCUT2D eigenvalue weighted by Gasteiger charge is 2.41. The van der Waals surface area contributed by atoms with Crippen molar-refractivity contribution in [3.8, 4) is 0 Å².